The van der Waals surface area contributed by atoms with E-state index in [1.54, 1.807) is 36.4 Å². The van der Waals surface area contributed by atoms with Crippen molar-refractivity contribution in [3.63, 3.8) is 0 Å². The summed E-state index contributed by atoms with van der Waals surface area (Å²) < 4.78 is 34.5. The van der Waals surface area contributed by atoms with E-state index in [2.05, 4.69) is 33.4 Å². The lowest BCUT2D eigenvalue weighted by Crippen LogP contribution is -2.41. The van der Waals surface area contributed by atoms with Crippen LogP contribution < -0.4 is 14.4 Å². The van der Waals surface area contributed by atoms with Crippen LogP contribution in [0, 0.1) is 0 Å². The first-order chi connectivity index (χ1) is 16.8. The van der Waals surface area contributed by atoms with E-state index in [0.29, 0.717) is 18.0 Å². The number of carbonyl (C=O) groups excluding carboxylic acids is 1. The largest absolute Gasteiger partial charge is 0.494 e. The molecule has 184 valence electrons. The minimum absolute atomic E-state index is 0.106. The smallest absolute Gasteiger partial charge is 0.264 e. The average Bonchev–Trinajstić information content (AvgIpc) is 3.31. The Bertz CT molecular complexity index is 1290. The summed E-state index contributed by atoms with van der Waals surface area (Å²) in [4.78, 5) is 13.2. The predicted molar refractivity (Wildman–Crippen MR) is 141 cm³/mol. The predicted octanol–water partition coefficient (Wildman–Crippen LogP) is 5.41. The van der Waals surface area contributed by atoms with Crippen molar-refractivity contribution in [2.45, 2.75) is 44.0 Å². The van der Waals surface area contributed by atoms with E-state index < -0.39 is 10.0 Å². The van der Waals surface area contributed by atoms with Gasteiger partial charge in [0.2, 0.25) is 5.91 Å². The second kappa shape index (κ2) is 10.8. The van der Waals surface area contributed by atoms with Gasteiger partial charge < -0.3 is 10.1 Å². The standard InChI is InChI=1S/C27H29BrN2O4S/c1-3-34-25-13-11-24(12-14-25)30(35(32,33)26-15-9-23(28)10-16-26)18-27(31)29-19(2)21-8-7-20-5-4-6-22(20)17-21/h7-17,19H,3-6,18H2,1-2H3,(H,29,31)/t19-/m1/s1. The Morgan fingerprint density at radius 1 is 1.03 bits per heavy atom. The molecule has 0 saturated carbocycles. The molecule has 0 bridgehead atoms. The molecule has 1 aliphatic carbocycles. The number of fused-ring (bicyclic) bond motifs is 1. The normalized spacial score (nSPS) is 13.7. The van der Waals surface area contributed by atoms with E-state index in [1.807, 2.05) is 19.9 Å². The molecule has 1 atom stereocenters. The van der Waals surface area contributed by atoms with Crippen LogP contribution >= 0.6 is 15.9 Å². The minimum Gasteiger partial charge on any atom is -0.494 e. The molecular formula is C27H29BrN2O4S. The summed E-state index contributed by atoms with van der Waals surface area (Å²) in [6.45, 7) is 3.95. The third kappa shape index (κ3) is 5.87. The molecule has 0 radical (unpaired) electrons. The van der Waals surface area contributed by atoms with Crippen molar-refractivity contribution in [1.82, 2.24) is 5.32 Å². The van der Waals surface area contributed by atoms with Crippen LogP contribution in [-0.4, -0.2) is 27.5 Å². The van der Waals surface area contributed by atoms with Gasteiger partial charge in [-0.25, -0.2) is 8.42 Å². The van der Waals surface area contributed by atoms with Gasteiger partial charge in [0, 0.05) is 4.47 Å². The van der Waals surface area contributed by atoms with Gasteiger partial charge in [0.05, 0.1) is 23.2 Å². The first-order valence-corrected chi connectivity index (χ1v) is 13.9. The number of sulfonamides is 1. The maximum atomic E-state index is 13.6. The molecule has 0 aliphatic heterocycles. The Kier molecular flexibility index (Phi) is 7.82. The Labute approximate surface area is 215 Å². The number of halogens is 1. The Balaban J connectivity index is 1.58. The zero-order chi connectivity index (χ0) is 25.0. The fourth-order valence-corrected chi connectivity index (χ4v) is 5.97. The number of hydrogen-bond acceptors (Lipinski definition) is 4. The second-order valence-electron chi connectivity index (χ2n) is 8.56. The van der Waals surface area contributed by atoms with Gasteiger partial charge in [-0.05, 0) is 98.3 Å². The number of rotatable bonds is 9. The fraction of sp³-hybridized carbons (Fsp3) is 0.296. The van der Waals surface area contributed by atoms with E-state index in [9.17, 15) is 13.2 Å². The zero-order valence-corrected chi connectivity index (χ0v) is 22.2. The zero-order valence-electron chi connectivity index (χ0n) is 19.8. The first-order valence-electron chi connectivity index (χ1n) is 11.7. The number of hydrogen-bond donors (Lipinski definition) is 1. The number of benzene rings is 3. The van der Waals surface area contributed by atoms with Crippen LogP contribution in [0.1, 0.15) is 43.0 Å². The molecule has 35 heavy (non-hydrogen) atoms. The average molecular weight is 558 g/mol. The summed E-state index contributed by atoms with van der Waals surface area (Å²) in [5.41, 5.74) is 4.10. The van der Waals surface area contributed by atoms with Gasteiger partial charge >= 0.3 is 0 Å². The Morgan fingerprint density at radius 3 is 2.40 bits per heavy atom. The van der Waals surface area contributed by atoms with Crippen LogP contribution in [0.15, 0.2) is 76.1 Å². The molecule has 4 rings (SSSR count). The molecule has 1 amide bonds. The molecule has 3 aromatic carbocycles. The number of nitrogens with zero attached hydrogens (tertiary/aromatic N) is 1. The van der Waals surface area contributed by atoms with Gasteiger partial charge in [0.25, 0.3) is 10.0 Å². The molecule has 0 spiro atoms. The van der Waals surface area contributed by atoms with E-state index >= 15 is 0 Å². The van der Waals surface area contributed by atoms with Crippen LogP contribution in [0.3, 0.4) is 0 Å². The molecule has 8 heteroatoms. The van der Waals surface area contributed by atoms with Crippen LogP contribution in [-0.2, 0) is 27.7 Å². The summed E-state index contributed by atoms with van der Waals surface area (Å²) in [5, 5.41) is 2.97. The lowest BCUT2D eigenvalue weighted by atomic mass is 10.0. The summed E-state index contributed by atoms with van der Waals surface area (Å²) >= 11 is 3.34. The van der Waals surface area contributed by atoms with Gasteiger partial charge in [-0.15, -0.1) is 0 Å². The lowest BCUT2D eigenvalue weighted by molar-refractivity contribution is -0.120. The molecule has 0 aromatic heterocycles. The van der Waals surface area contributed by atoms with Crippen molar-refractivity contribution in [2.75, 3.05) is 17.5 Å². The highest BCUT2D eigenvalue weighted by atomic mass is 79.9. The summed E-state index contributed by atoms with van der Waals surface area (Å²) in [7, 11) is -3.99. The SMILES string of the molecule is CCOc1ccc(N(CC(=O)N[C@H](C)c2ccc3c(c2)CCC3)S(=O)(=O)c2ccc(Br)cc2)cc1. The van der Waals surface area contributed by atoms with Crippen molar-refractivity contribution < 1.29 is 17.9 Å². The maximum Gasteiger partial charge on any atom is 0.264 e. The molecule has 0 unspecified atom stereocenters. The summed E-state index contributed by atoms with van der Waals surface area (Å²) in [5.74, 6) is 0.250. The molecule has 1 N–H and O–H groups in total. The van der Waals surface area contributed by atoms with Crippen molar-refractivity contribution >= 4 is 37.5 Å². The van der Waals surface area contributed by atoms with E-state index in [4.69, 9.17) is 4.74 Å². The van der Waals surface area contributed by atoms with E-state index in [1.165, 1.54) is 23.3 Å². The first kappa shape index (κ1) is 25.3. The van der Waals surface area contributed by atoms with E-state index in [-0.39, 0.29) is 23.4 Å². The number of anilines is 1. The lowest BCUT2D eigenvalue weighted by Gasteiger charge is -2.25. The van der Waals surface area contributed by atoms with Crippen molar-refractivity contribution in [3.05, 3.63) is 87.9 Å². The molecule has 0 saturated heterocycles. The third-order valence-corrected chi connectivity index (χ3v) is 8.44. The van der Waals surface area contributed by atoms with Crippen LogP contribution in [0.2, 0.25) is 0 Å². The molecular weight excluding hydrogens is 528 g/mol. The third-order valence-electron chi connectivity index (χ3n) is 6.12. The highest BCUT2D eigenvalue weighted by Crippen LogP contribution is 2.28. The number of aryl methyl sites for hydroxylation is 2. The second-order valence-corrected chi connectivity index (χ2v) is 11.3. The van der Waals surface area contributed by atoms with Gasteiger partial charge in [-0.1, -0.05) is 34.1 Å². The van der Waals surface area contributed by atoms with E-state index in [0.717, 1.165) is 33.6 Å². The van der Waals surface area contributed by atoms with Crippen molar-refractivity contribution in [1.29, 1.82) is 0 Å². The molecule has 0 heterocycles. The number of carbonyl (C=O) groups is 1. The quantitative estimate of drug-likeness (QED) is 0.382. The van der Waals surface area contributed by atoms with Crippen LogP contribution in [0.4, 0.5) is 5.69 Å². The fourth-order valence-electron chi connectivity index (χ4n) is 4.29. The number of amides is 1. The van der Waals surface area contributed by atoms with Gasteiger partial charge in [0.1, 0.15) is 12.3 Å². The van der Waals surface area contributed by atoms with Gasteiger partial charge in [-0.3, -0.25) is 9.10 Å². The van der Waals surface area contributed by atoms with Gasteiger partial charge in [-0.2, -0.15) is 0 Å². The Hall–Kier alpha value is -2.84. The minimum atomic E-state index is -3.99. The molecule has 6 nitrogen and oxygen atoms in total. The summed E-state index contributed by atoms with van der Waals surface area (Å²) in [6, 6.07) is 19.2. The summed E-state index contributed by atoms with van der Waals surface area (Å²) in [6.07, 6.45) is 3.31. The highest BCUT2D eigenvalue weighted by Gasteiger charge is 2.28. The Morgan fingerprint density at radius 2 is 1.71 bits per heavy atom. The van der Waals surface area contributed by atoms with Crippen molar-refractivity contribution in [2.24, 2.45) is 0 Å². The van der Waals surface area contributed by atoms with Crippen LogP contribution in [0.5, 0.6) is 5.75 Å². The molecule has 0 fully saturated rings. The monoisotopic (exact) mass is 556 g/mol. The van der Waals surface area contributed by atoms with Crippen molar-refractivity contribution in [3.8, 4) is 5.75 Å². The maximum absolute atomic E-state index is 13.6. The number of nitrogens with one attached hydrogen (secondary N) is 1. The molecule has 3 aromatic rings. The van der Waals surface area contributed by atoms with Crippen LogP contribution in [0.25, 0.3) is 0 Å². The number of ether oxygens (including phenoxy) is 1. The molecule has 1 aliphatic rings. The van der Waals surface area contributed by atoms with Gasteiger partial charge in [0.15, 0.2) is 0 Å². The topological polar surface area (TPSA) is 75.7 Å². The highest BCUT2D eigenvalue weighted by molar-refractivity contribution is 9.10.